The van der Waals surface area contributed by atoms with Gasteiger partial charge in [-0.2, -0.15) is 5.10 Å². The number of carbonyl (C=O) groups is 1. The summed E-state index contributed by atoms with van der Waals surface area (Å²) >= 11 is 0. The fourth-order valence-electron chi connectivity index (χ4n) is 1.87. The van der Waals surface area contributed by atoms with Crippen molar-refractivity contribution in [1.82, 2.24) is 9.78 Å². The normalized spacial score (nSPS) is 11.9. The number of hydrogen-bond donors (Lipinski definition) is 1. The van der Waals surface area contributed by atoms with Gasteiger partial charge in [-0.25, -0.2) is 9.48 Å². The van der Waals surface area contributed by atoms with Crippen LogP contribution >= 0.6 is 0 Å². The van der Waals surface area contributed by atoms with Crippen LogP contribution in [0.1, 0.15) is 10.4 Å². The van der Waals surface area contributed by atoms with Crippen molar-refractivity contribution >= 4 is 24.9 Å². The molecule has 0 atom stereocenters. The third-order valence-corrected chi connectivity index (χ3v) is 4.74. The number of hydrogen-bond acceptors (Lipinski definition) is 3. The van der Waals surface area contributed by atoms with E-state index in [0.717, 1.165) is 18.0 Å². The molecule has 6 heteroatoms. The van der Waals surface area contributed by atoms with Gasteiger partial charge in [-0.3, -0.25) is 0 Å². The van der Waals surface area contributed by atoms with E-state index in [2.05, 4.69) is 24.7 Å². The lowest BCUT2D eigenvalue weighted by Gasteiger charge is -2.15. The number of carboxylic acid groups (broad SMARTS) is 1. The molecule has 2 rings (SSSR count). The number of carboxylic acids is 1. The van der Waals surface area contributed by atoms with Crippen LogP contribution in [0.15, 0.2) is 24.4 Å². The maximum absolute atomic E-state index is 11.1. The van der Waals surface area contributed by atoms with E-state index in [1.165, 1.54) is 0 Å². The number of ether oxygens (including phenoxy) is 1. The van der Waals surface area contributed by atoms with E-state index in [-0.39, 0.29) is 5.56 Å². The van der Waals surface area contributed by atoms with Crippen molar-refractivity contribution in [3.8, 4) is 0 Å². The van der Waals surface area contributed by atoms with Gasteiger partial charge >= 0.3 is 5.97 Å². The van der Waals surface area contributed by atoms with E-state index in [4.69, 9.17) is 9.84 Å². The van der Waals surface area contributed by atoms with E-state index in [0.29, 0.717) is 12.2 Å². The Morgan fingerprint density at radius 2 is 2.15 bits per heavy atom. The zero-order valence-corrected chi connectivity index (χ0v) is 13.1. The van der Waals surface area contributed by atoms with Crippen molar-refractivity contribution < 1.29 is 14.6 Å². The first kappa shape index (κ1) is 14.7. The van der Waals surface area contributed by atoms with Crippen molar-refractivity contribution in [1.29, 1.82) is 0 Å². The largest absolute Gasteiger partial charge is 0.478 e. The Hall–Kier alpha value is -1.66. The van der Waals surface area contributed by atoms with E-state index in [1.807, 2.05) is 12.3 Å². The van der Waals surface area contributed by atoms with Gasteiger partial charge in [-0.05, 0) is 12.1 Å². The predicted octanol–water partition coefficient (Wildman–Crippen LogP) is 3.05. The third-order valence-electron chi connectivity index (χ3n) is 3.03. The van der Waals surface area contributed by atoms with Gasteiger partial charge in [0.25, 0.3) is 0 Å². The Kier molecular flexibility index (Phi) is 4.25. The quantitative estimate of drug-likeness (QED) is 0.656. The Morgan fingerprint density at radius 1 is 1.40 bits per heavy atom. The topological polar surface area (TPSA) is 64.3 Å². The smallest absolute Gasteiger partial charge is 0.337 e. The van der Waals surface area contributed by atoms with Gasteiger partial charge in [0.2, 0.25) is 0 Å². The summed E-state index contributed by atoms with van der Waals surface area (Å²) in [4.78, 5) is 11.1. The van der Waals surface area contributed by atoms with Gasteiger partial charge in [-0.15, -0.1) is 0 Å². The predicted molar refractivity (Wildman–Crippen MR) is 80.8 cm³/mol. The summed E-state index contributed by atoms with van der Waals surface area (Å²) < 4.78 is 7.27. The first-order valence-corrected chi connectivity index (χ1v) is 10.3. The molecule has 1 aromatic carbocycles. The molecule has 0 aliphatic rings. The molecule has 1 N–H and O–H groups in total. The molecule has 1 aromatic heterocycles. The number of aromatic nitrogens is 2. The van der Waals surface area contributed by atoms with E-state index < -0.39 is 14.0 Å². The molecule has 0 spiro atoms. The van der Waals surface area contributed by atoms with Crippen molar-refractivity contribution in [2.75, 3.05) is 6.61 Å². The second-order valence-corrected chi connectivity index (χ2v) is 11.7. The van der Waals surface area contributed by atoms with Crippen LogP contribution in [0.2, 0.25) is 25.7 Å². The van der Waals surface area contributed by atoms with Crippen LogP contribution in [0.25, 0.3) is 10.9 Å². The third kappa shape index (κ3) is 3.67. The maximum Gasteiger partial charge on any atom is 0.337 e. The molecule has 5 nitrogen and oxygen atoms in total. The highest BCUT2D eigenvalue weighted by Gasteiger charge is 2.13. The second kappa shape index (κ2) is 5.76. The second-order valence-electron chi connectivity index (χ2n) is 6.07. The first-order chi connectivity index (χ1) is 9.37. The van der Waals surface area contributed by atoms with E-state index >= 15 is 0 Å². The van der Waals surface area contributed by atoms with Crippen molar-refractivity contribution in [2.24, 2.45) is 0 Å². The summed E-state index contributed by atoms with van der Waals surface area (Å²) in [6, 6.07) is 6.25. The SMILES string of the molecule is C[Si](C)(C)CCOCn1cc2cccc(C(=O)O)c2n1. The monoisotopic (exact) mass is 292 g/mol. The molecule has 0 saturated carbocycles. The molecule has 0 unspecified atom stereocenters. The lowest BCUT2D eigenvalue weighted by molar-refractivity contribution is 0.0697. The Labute approximate surface area is 119 Å². The van der Waals surface area contributed by atoms with Crippen LogP contribution in [-0.2, 0) is 11.5 Å². The minimum absolute atomic E-state index is 0.225. The van der Waals surface area contributed by atoms with Gasteiger partial charge in [0.1, 0.15) is 12.2 Å². The summed E-state index contributed by atoms with van der Waals surface area (Å²) in [5.74, 6) is -0.958. The number of nitrogens with zero attached hydrogens (tertiary/aromatic N) is 2. The van der Waals surface area contributed by atoms with Gasteiger partial charge in [0.05, 0.1) is 5.56 Å². The minimum Gasteiger partial charge on any atom is -0.478 e. The average Bonchev–Trinajstić information content (AvgIpc) is 2.75. The highest BCUT2D eigenvalue weighted by Crippen LogP contribution is 2.17. The average molecular weight is 292 g/mol. The van der Waals surface area contributed by atoms with Crippen LogP contribution in [-0.4, -0.2) is 35.5 Å². The summed E-state index contributed by atoms with van der Waals surface area (Å²) in [6.07, 6.45) is 1.82. The summed E-state index contributed by atoms with van der Waals surface area (Å²) in [7, 11) is -1.08. The highest BCUT2D eigenvalue weighted by atomic mass is 28.3. The molecule has 0 amide bonds. The van der Waals surface area contributed by atoms with Gasteiger partial charge in [0, 0.05) is 26.3 Å². The van der Waals surface area contributed by atoms with Gasteiger partial charge < -0.3 is 9.84 Å². The molecule has 1 heterocycles. The zero-order chi connectivity index (χ0) is 14.8. The van der Waals surface area contributed by atoms with Gasteiger partial charge in [0.15, 0.2) is 0 Å². The standard InChI is InChI=1S/C14H20N2O3Si/c1-20(2,3)8-7-19-10-16-9-11-5-4-6-12(14(17)18)13(11)15-16/h4-6,9H,7-8,10H2,1-3H3,(H,17,18). The Balaban J connectivity index is 2.05. The van der Waals surface area contributed by atoms with Gasteiger partial charge in [-0.1, -0.05) is 31.8 Å². The van der Waals surface area contributed by atoms with E-state index in [1.54, 1.807) is 16.8 Å². The molecule has 2 aromatic rings. The molecule has 0 radical (unpaired) electrons. The summed E-state index contributed by atoms with van der Waals surface area (Å²) in [6.45, 7) is 7.99. The molecule has 108 valence electrons. The summed E-state index contributed by atoms with van der Waals surface area (Å²) in [5, 5.41) is 14.2. The number of benzene rings is 1. The highest BCUT2D eigenvalue weighted by molar-refractivity contribution is 6.76. The molecule has 0 aliphatic carbocycles. The van der Waals surface area contributed by atoms with E-state index in [9.17, 15) is 4.79 Å². The fourth-order valence-corrected chi connectivity index (χ4v) is 2.63. The maximum atomic E-state index is 11.1. The van der Waals surface area contributed by atoms with Crippen LogP contribution in [0.3, 0.4) is 0 Å². The van der Waals surface area contributed by atoms with Crippen molar-refractivity contribution in [2.45, 2.75) is 32.4 Å². The molecule has 0 bridgehead atoms. The fraction of sp³-hybridized carbons (Fsp3) is 0.429. The zero-order valence-electron chi connectivity index (χ0n) is 12.1. The van der Waals surface area contributed by atoms with Crippen LogP contribution in [0, 0.1) is 0 Å². The van der Waals surface area contributed by atoms with Crippen LogP contribution < -0.4 is 0 Å². The lowest BCUT2D eigenvalue weighted by Crippen LogP contribution is -2.22. The van der Waals surface area contributed by atoms with Crippen molar-refractivity contribution in [3.05, 3.63) is 30.0 Å². The molecule has 0 fully saturated rings. The molecule has 20 heavy (non-hydrogen) atoms. The number of rotatable bonds is 6. The minimum atomic E-state index is -1.08. The lowest BCUT2D eigenvalue weighted by atomic mass is 10.1. The Morgan fingerprint density at radius 3 is 2.80 bits per heavy atom. The number of fused-ring (bicyclic) bond motifs is 1. The molecule has 0 saturated heterocycles. The summed E-state index contributed by atoms with van der Waals surface area (Å²) in [5.41, 5.74) is 0.733. The number of aromatic carboxylic acids is 1. The first-order valence-electron chi connectivity index (χ1n) is 6.64. The molecular weight excluding hydrogens is 272 g/mol. The van der Waals surface area contributed by atoms with Crippen LogP contribution in [0.5, 0.6) is 0 Å². The molecule has 0 aliphatic heterocycles. The Bertz CT molecular complexity index is 616. The molecular formula is C14H20N2O3Si. The van der Waals surface area contributed by atoms with Crippen LogP contribution in [0.4, 0.5) is 0 Å². The van der Waals surface area contributed by atoms with Crippen molar-refractivity contribution in [3.63, 3.8) is 0 Å².